The monoisotopic (exact) mass is 321 g/mol. The number of nitrogens with one attached hydrogen (secondary N) is 4. The first-order valence-corrected chi connectivity index (χ1v) is 8.00. The molecular weight excluding hydrogens is 302 g/mol. The van der Waals surface area contributed by atoms with E-state index in [1.54, 1.807) is 6.20 Å². The molecular formula is C18H19N5O. The summed E-state index contributed by atoms with van der Waals surface area (Å²) in [6.07, 6.45) is 4.10. The summed E-state index contributed by atoms with van der Waals surface area (Å²) in [6, 6.07) is 8.62. The standard InChI is InChI=1S/C18H19N5O/c1-10-3-4-12(11(2)20-13-5-6-13)9-15(10)21-14-7-8-19-17-16(14)22-18(24)23-17/h3-4,7-9,13,20H,2,5-6H2,1H3,(H3,19,21,22,23,24). The summed E-state index contributed by atoms with van der Waals surface area (Å²) in [4.78, 5) is 21.1. The normalized spacial score (nSPS) is 13.9. The minimum Gasteiger partial charge on any atom is -0.382 e. The zero-order chi connectivity index (χ0) is 16.7. The van der Waals surface area contributed by atoms with Crippen LogP contribution in [0.25, 0.3) is 16.9 Å². The largest absolute Gasteiger partial charge is 0.382 e. The van der Waals surface area contributed by atoms with E-state index in [0.717, 1.165) is 28.2 Å². The smallest absolute Gasteiger partial charge is 0.325 e. The zero-order valence-electron chi connectivity index (χ0n) is 13.4. The fourth-order valence-electron chi connectivity index (χ4n) is 2.69. The molecule has 2 heterocycles. The highest BCUT2D eigenvalue weighted by Gasteiger charge is 2.21. The van der Waals surface area contributed by atoms with Crippen molar-refractivity contribution in [1.29, 1.82) is 0 Å². The third-order valence-electron chi connectivity index (χ3n) is 4.23. The Morgan fingerprint density at radius 1 is 1.25 bits per heavy atom. The molecule has 1 aromatic carbocycles. The molecule has 0 spiro atoms. The maximum atomic E-state index is 11.5. The van der Waals surface area contributed by atoms with Gasteiger partial charge in [0, 0.05) is 23.6 Å². The minimum atomic E-state index is -0.265. The first kappa shape index (κ1) is 14.6. The molecule has 1 fully saturated rings. The lowest BCUT2D eigenvalue weighted by Crippen LogP contribution is -2.13. The highest BCUT2D eigenvalue weighted by Crippen LogP contribution is 2.28. The molecule has 0 atom stereocenters. The number of benzene rings is 1. The predicted octanol–water partition coefficient (Wildman–Crippen LogP) is 3.03. The van der Waals surface area contributed by atoms with E-state index in [9.17, 15) is 4.79 Å². The van der Waals surface area contributed by atoms with E-state index in [1.165, 1.54) is 12.8 Å². The first-order chi connectivity index (χ1) is 11.6. The summed E-state index contributed by atoms with van der Waals surface area (Å²) in [5, 5.41) is 6.82. The van der Waals surface area contributed by atoms with Crippen LogP contribution in [-0.2, 0) is 0 Å². The summed E-state index contributed by atoms with van der Waals surface area (Å²) in [7, 11) is 0. The van der Waals surface area contributed by atoms with E-state index in [4.69, 9.17) is 0 Å². The summed E-state index contributed by atoms with van der Waals surface area (Å²) in [5.74, 6) is 0. The number of aryl methyl sites for hydroxylation is 1. The molecule has 2 aromatic heterocycles. The Hall–Kier alpha value is -3.02. The molecule has 1 aliphatic carbocycles. The number of hydrogen-bond donors (Lipinski definition) is 4. The van der Waals surface area contributed by atoms with Gasteiger partial charge in [0.2, 0.25) is 0 Å². The Morgan fingerprint density at radius 2 is 2.08 bits per heavy atom. The number of rotatable bonds is 5. The van der Waals surface area contributed by atoms with Gasteiger partial charge in [-0.3, -0.25) is 4.98 Å². The van der Waals surface area contributed by atoms with Crippen molar-refractivity contribution in [3.8, 4) is 0 Å². The van der Waals surface area contributed by atoms with E-state index < -0.39 is 0 Å². The second-order valence-corrected chi connectivity index (χ2v) is 6.21. The van der Waals surface area contributed by atoms with Gasteiger partial charge >= 0.3 is 5.69 Å². The topological polar surface area (TPSA) is 85.6 Å². The van der Waals surface area contributed by atoms with Crippen molar-refractivity contribution in [3.63, 3.8) is 0 Å². The molecule has 4 N–H and O–H groups in total. The molecule has 1 saturated carbocycles. The Balaban J connectivity index is 1.67. The lowest BCUT2D eigenvalue weighted by atomic mass is 10.1. The van der Waals surface area contributed by atoms with E-state index in [-0.39, 0.29) is 5.69 Å². The highest BCUT2D eigenvalue weighted by molar-refractivity contribution is 5.88. The van der Waals surface area contributed by atoms with Crippen molar-refractivity contribution in [1.82, 2.24) is 20.3 Å². The van der Waals surface area contributed by atoms with Crippen molar-refractivity contribution in [2.75, 3.05) is 5.32 Å². The summed E-state index contributed by atoms with van der Waals surface area (Å²) in [5.41, 5.74) is 5.83. The van der Waals surface area contributed by atoms with E-state index in [0.29, 0.717) is 17.2 Å². The number of pyridine rings is 1. The van der Waals surface area contributed by atoms with Crippen LogP contribution >= 0.6 is 0 Å². The van der Waals surface area contributed by atoms with Crippen LogP contribution < -0.4 is 16.3 Å². The summed E-state index contributed by atoms with van der Waals surface area (Å²) >= 11 is 0. The molecule has 0 radical (unpaired) electrons. The van der Waals surface area contributed by atoms with Crippen LogP contribution in [0.3, 0.4) is 0 Å². The molecule has 122 valence electrons. The maximum Gasteiger partial charge on any atom is 0.325 e. The first-order valence-electron chi connectivity index (χ1n) is 8.00. The predicted molar refractivity (Wildman–Crippen MR) is 96.4 cm³/mol. The number of aromatic amines is 2. The third-order valence-corrected chi connectivity index (χ3v) is 4.23. The molecule has 6 nitrogen and oxygen atoms in total. The van der Waals surface area contributed by atoms with Gasteiger partial charge in [-0.2, -0.15) is 0 Å². The maximum absolute atomic E-state index is 11.5. The average Bonchev–Trinajstić information content (AvgIpc) is 3.28. The molecule has 6 heteroatoms. The lowest BCUT2D eigenvalue weighted by molar-refractivity contribution is 0.885. The van der Waals surface area contributed by atoms with Crippen molar-refractivity contribution >= 4 is 28.2 Å². The molecule has 0 bridgehead atoms. The van der Waals surface area contributed by atoms with Gasteiger partial charge in [0.05, 0.1) is 5.69 Å². The highest BCUT2D eigenvalue weighted by atomic mass is 16.1. The number of H-pyrrole nitrogens is 2. The van der Waals surface area contributed by atoms with Gasteiger partial charge in [0.1, 0.15) is 5.52 Å². The van der Waals surface area contributed by atoms with E-state index in [2.05, 4.69) is 50.4 Å². The van der Waals surface area contributed by atoms with Crippen LogP contribution in [0.1, 0.15) is 24.0 Å². The number of fused-ring (bicyclic) bond motifs is 1. The number of imidazole rings is 1. The van der Waals surface area contributed by atoms with Crippen molar-refractivity contribution in [3.05, 3.63) is 58.7 Å². The van der Waals surface area contributed by atoms with Crippen molar-refractivity contribution in [2.24, 2.45) is 0 Å². The minimum absolute atomic E-state index is 0.265. The molecule has 0 saturated heterocycles. The van der Waals surface area contributed by atoms with Gasteiger partial charge in [-0.05, 0) is 43.0 Å². The molecule has 0 aliphatic heterocycles. The molecule has 24 heavy (non-hydrogen) atoms. The van der Waals surface area contributed by atoms with Crippen LogP contribution in [0.5, 0.6) is 0 Å². The van der Waals surface area contributed by atoms with Gasteiger partial charge in [0.15, 0.2) is 5.65 Å². The molecule has 0 unspecified atom stereocenters. The summed E-state index contributed by atoms with van der Waals surface area (Å²) < 4.78 is 0. The Morgan fingerprint density at radius 3 is 2.88 bits per heavy atom. The van der Waals surface area contributed by atoms with E-state index in [1.807, 2.05) is 13.0 Å². The fraction of sp³-hybridized carbons (Fsp3) is 0.222. The third kappa shape index (κ3) is 2.78. The van der Waals surface area contributed by atoms with Crippen LogP contribution in [0, 0.1) is 6.92 Å². The fourth-order valence-corrected chi connectivity index (χ4v) is 2.69. The molecule has 1 aliphatic rings. The average molecular weight is 321 g/mol. The van der Waals surface area contributed by atoms with E-state index >= 15 is 0 Å². The van der Waals surface area contributed by atoms with Crippen molar-refractivity contribution < 1.29 is 0 Å². The van der Waals surface area contributed by atoms with Gasteiger partial charge in [-0.15, -0.1) is 0 Å². The Labute approximate surface area is 139 Å². The molecule has 0 amide bonds. The summed E-state index contributed by atoms with van der Waals surface area (Å²) in [6.45, 7) is 6.18. The number of hydrogen-bond acceptors (Lipinski definition) is 4. The van der Waals surface area contributed by atoms with Crippen LogP contribution in [0.2, 0.25) is 0 Å². The van der Waals surface area contributed by atoms with Gasteiger partial charge in [-0.25, -0.2) is 9.78 Å². The Bertz CT molecular complexity index is 980. The van der Waals surface area contributed by atoms with Crippen LogP contribution in [0.15, 0.2) is 41.8 Å². The number of nitrogens with zero attached hydrogens (tertiary/aromatic N) is 1. The van der Waals surface area contributed by atoms with Gasteiger partial charge in [0.25, 0.3) is 0 Å². The Kier molecular flexibility index (Phi) is 3.37. The van der Waals surface area contributed by atoms with Gasteiger partial charge < -0.3 is 15.6 Å². The van der Waals surface area contributed by atoms with Crippen LogP contribution in [-0.4, -0.2) is 21.0 Å². The zero-order valence-corrected chi connectivity index (χ0v) is 13.4. The van der Waals surface area contributed by atoms with Crippen molar-refractivity contribution in [2.45, 2.75) is 25.8 Å². The lowest BCUT2D eigenvalue weighted by Gasteiger charge is -2.14. The molecule has 3 aromatic rings. The van der Waals surface area contributed by atoms with Gasteiger partial charge in [-0.1, -0.05) is 18.7 Å². The second kappa shape index (κ2) is 5.56. The number of anilines is 2. The number of aromatic nitrogens is 3. The quantitative estimate of drug-likeness (QED) is 0.582. The van der Waals surface area contributed by atoms with Crippen LogP contribution in [0.4, 0.5) is 11.4 Å². The second-order valence-electron chi connectivity index (χ2n) is 6.21. The SMILES string of the molecule is C=C(NC1CC1)c1ccc(C)c(Nc2ccnc3[nH]c(=O)[nH]c23)c1. The molecule has 4 rings (SSSR count).